The Morgan fingerprint density at radius 1 is 0.935 bits per heavy atom. The second-order valence-electron chi connectivity index (χ2n) is 7.32. The topological polar surface area (TPSA) is 84.5 Å². The van der Waals surface area contributed by atoms with Crippen LogP contribution in [0.2, 0.25) is 0 Å². The highest BCUT2D eigenvalue weighted by Crippen LogP contribution is 2.29. The molecule has 0 unspecified atom stereocenters. The fourth-order valence-electron chi connectivity index (χ4n) is 3.20. The van der Waals surface area contributed by atoms with Crippen molar-refractivity contribution in [3.05, 3.63) is 94.5 Å². The second-order valence-corrected chi connectivity index (χ2v) is 9.12. The maximum atomic E-state index is 12.6. The minimum absolute atomic E-state index is 0.0470. The molecule has 7 heteroatoms. The van der Waals surface area contributed by atoms with Gasteiger partial charge in [0.05, 0.1) is 18.6 Å². The summed E-state index contributed by atoms with van der Waals surface area (Å²) in [5.41, 5.74) is 4.51. The zero-order valence-electron chi connectivity index (χ0n) is 17.8. The molecular weight excluding hydrogens is 412 g/mol. The Hall–Kier alpha value is -3.16. The van der Waals surface area contributed by atoms with Crippen molar-refractivity contribution in [3.8, 4) is 5.75 Å². The number of hydrogen-bond donors (Lipinski definition) is 2. The van der Waals surface area contributed by atoms with Gasteiger partial charge >= 0.3 is 0 Å². The number of carbonyl (C=O) groups is 1. The van der Waals surface area contributed by atoms with Crippen LogP contribution in [0, 0.1) is 13.8 Å². The first-order valence-electron chi connectivity index (χ1n) is 9.85. The zero-order valence-corrected chi connectivity index (χ0v) is 18.6. The highest BCUT2D eigenvalue weighted by Gasteiger charge is 2.16. The van der Waals surface area contributed by atoms with Gasteiger partial charge in [-0.1, -0.05) is 48.5 Å². The van der Waals surface area contributed by atoms with Crippen LogP contribution >= 0.6 is 0 Å². The van der Waals surface area contributed by atoms with Gasteiger partial charge in [-0.3, -0.25) is 4.79 Å². The van der Waals surface area contributed by atoms with E-state index >= 15 is 0 Å². The van der Waals surface area contributed by atoms with Gasteiger partial charge in [-0.15, -0.1) is 0 Å². The molecule has 0 atom stereocenters. The lowest BCUT2D eigenvalue weighted by atomic mass is 10.1. The summed E-state index contributed by atoms with van der Waals surface area (Å²) in [6.07, 6.45) is 0. The highest BCUT2D eigenvalue weighted by molar-refractivity contribution is 7.88. The predicted molar refractivity (Wildman–Crippen MR) is 123 cm³/mol. The molecule has 0 aliphatic heterocycles. The van der Waals surface area contributed by atoms with Crippen molar-refractivity contribution in [2.45, 2.75) is 26.1 Å². The molecule has 1 amide bonds. The minimum atomic E-state index is -3.56. The molecule has 0 bridgehead atoms. The lowest BCUT2D eigenvalue weighted by Gasteiger charge is -2.15. The summed E-state index contributed by atoms with van der Waals surface area (Å²) in [4.78, 5) is 12.5. The van der Waals surface area contributed by atoms with E-state index in [9.17, 15) is 13.2 Å². The largest absolute Gasteiger partial charge is 0.494 e. The van der Waals surface area contributed by atoms with Crippen LogP contribution in [0.15, 0.2) is 66.7 Å². The van der Waals surface area contributed by atoms with Gasteiger partial charge in [-0.2, -0.15) is 0 Å². The number of ether oxygens (including phenoxy) is 1. The van der Waals surface area contributed by atoms with Crippen LogP contribution in [0.4, 0.5) is 5.69 Å². The molecule has 0 saturated heterocycles. The number of aryl methyl sites for hydroxylation is 2. The maximum absolute atomic E-state index is 12.6. The Labute approximate surface area is 183 Å². The van der Waals surface area contributed by atoms with Gasteiger partial charge in [-0.05, 0) is 48.7 Å². The van der Waals surface area contributed by atoms with E-state index in [1.54, 1.807) is 42.5 Å². The van der Waals surface area contributed by atoms with Crippen molar-refractivity contribution in [1.82, 2.24) is 4.72 Å². The van der Waals surface area contributed by atoms with Crippen molar-refractivity contribution in [2.24, 2.45) is 0 Å². The molecule has 3 rings (SSSR count). The average molecular weight is 439 g/mol. The minimum Gasteiger partial charge on any atom is -0.494 e. The molecule has 0 heterocycles. The lowest BCUT2D eigenvalue weighted by Crippen LogP contribution is -2.25. The monoisotopic (exact) mass is 438 g/mol. The first kappa shape index (κ1) is 22.5. The zero-order chi connectivity index (χ0) is 22.4. The number of anilines is 1. The van der Waals surface area contributed by atoms with Crippen molar-refractivity contribution in [1.29, 1.82) is 0 Å². The summed E-state index contributed by atoms with van der Waals surface area (Å²) in [6, 6.07) is 19.7. The van der Waals surface area contributed by atoms with Gasteiger partial charge in [0.25, 0.3) is 5.91 Å². The molecule has 0 aliphatic rings. The molecule has 3 aromatic carbocycles. The summed E-state index contributed by atoms with van der Waals surface area (Å²) in [5.74, 6) is 0.0352. The average Bonchev–Trinajstić information content (AvgIpc) is 2.75. The van der Waals surface area contributed by atoms with E-state index in [4.69, 9.17) is 4.74 Å². The summed E-state index contributed by atoms with van der Waals surface area (Å²) >= 11 is 0. The van der Waals surface area contributed by atoms with Crippen LogP contribution in [-0.2, 0) is 22.3 Å². The smallest absolute Gasteiger partial charge is 0.255 e. The van der Waals surface area contributed by atoms with Crippen LogP contribution in [-0.4, -0.2) is 21.4 Å². The van der Waals surface area contributed by atoms with Gasteiger partial charge in [0, 0.05) is 17.7 Å². The Kier molecular flexibility index (Phi) is 7.09. The summed E-state index contributed by atoms with van der Waals surface area (Å²) < 4.78 is 33.3. The molecule has 3 aromatic rings. The van der Waals surface area contributed by atoms with Gasteiger partial charge in [0.2, 0.25) is 10.0 Å². The Bertz CT molecular complexity index is 1180. The number of rotatable bonds is 8. The number of para-hydroxylation sites is 1. The first-order chi connectivity index (χ1) is 14.8. The Balaban J connectivity index is 1.73. The number of benzene rings is 3. The summed E-state index contributed by atoms with van der Waals surface area (Å²) in [7, 11) is -2.07. The van der Waals surface area contributed by atoms with Crippen molar-refractivity contribution in [2.75, 3.05) is 12.4 Å². The van der Waals surface area contributed by atoms with E-state index in [0.29, 0.717) is 22.6 Å². The first-order valence-corrected chi connectivity index (χ1v) is 11.5. The van der Waals surface area contributed by atoms with Crippen LogP contribution in [0.3, 0.4) is 0 Å². The molecule has 6 nitrogen and oxygen atoms in total. The van der Waals surface area contributed by atoms with E-state index in [0.717, 1.165) is 16.7 Å². The molecule has 2 N–H and O–H groups in total. The molecule has 0 aromatic heterocycles. The van der Waals surface area contributed by atoms with Gasteiger partial charge < -0.3 is 10.1 Å². The number of methoxy groups -OCH3 is 1. The highest BCUT2D eigenvalue weighted by atomic mass is 32.2. The van der Waals surface area contributed by atoms with E-state index in [2.05, 4.69) is 10.0 Å². The molecule has 31 heavy (non-hydrogen) atoms. The summed E-state index contributed by atoms with van der Waals surface area (Å²) in [6.45, 7) is 3.99. The lowest BCUT2D eigenvalue weighted by molar-refractivity contribution is 0.102. The van der Waals surface area contributed by atoms with Crippen LogP contribution in [0.5, 0.6) is 5.75 Å². The maximum Gasteiger partial charge on any atom is 0.255 e. The molecular formula is C24H26N2O4S. The van der Waals surface area contributed by atoms with Gasteiger partial charge in [0.15, 0.2) is 0 Å². The number of nitrogens with one attached hydrogen (secondary N) is 2. The molecule has 0 fully saturated rings. The second kappa shape index (κ2) is 9.76. The standard InChI is InChI=1S/C24H26N2O4S/c1-17-12-13-19(14-18(17)2)16-31(28,29)25-15-21-10-7-11-22(23(21)30-3)26-24(27)20-8-5-4-6-9-20/h4-14,25H,15-16H2,1-3H3,(H,26,27). The van der Waals surface area contributed by atoms with Crippen molar-refractivity contribution < 1.29 is 17.9 Å². The normalized spacial score (nSPS) is 11.2. The third-order valence-corrected chi connectivity index (χ3v) is 6.29. The van der Waals surface area contributed by atoms with E-state index in [-0.39, 0.29) is 18.2 Å². The number of carbonyl (C=O) groups excluding carboxylic acids is 1. The molecule has 162 valence electrons. The van der Waals surface area contributed by atoms with Crippen molar-refractivity contribution >= 4 is 21.6 Å². The number of sulfonamides is 1. The quantitative estimate of drug-likeness (QED) is 0.552. The van der Waals surface area contributed by atoms with Crippen LogP contribution in [0.1, 0.15) is 32.6 Å². The molecule has 0 radical (unpaired) electrons. The molecule has 0 saturated carbocycles. The van der Waals surface area contributed by atoms with Crippen molar-refractivity contribution in [3.63, 3.8) is 0 Å². The predicted octanol–water partition coefficient (Wildman–Crippen LogP) is 4.18. The van der Waals surface area contributed by atoms with E-state index in [1.807, 2.05) is 38.1 Å². The fraction of sp³-hybridized carbons (Fsp3) is 0.208. The third-order valence-electron chi connectivity index (χ3n) is 5.00. The van der Waals surface area contributed by atoms with Crippen LogP contribution in [0.25, 0.3) is 0 Å². The number of amides is 1. The fourth-order valence-corrected chi connectivity index (χ4v) is 4.29. The third kappa shape index (κ3) is 5.93. The SMILES string of the molecule is COc1c(CNS(=O)(=O)Cc2ccc(C)c(C)c2)cccc1NC(=O)c1ccccc1. The van der Waals surface area contributed by atoms with E-state index < -0.39 is 10.0 Å². The molecule has 0 aliphatic carbocycles. The van der Waals surface area contributed by atoms with Crippen LogP contribution < -0.4 is 14.8 Å². The number of hydrogen-bond acceptors (Lipinski definition) is 4. The Morgan fingerprint density at radius 3 is 2.35 bits per heavy atom. The van der Waals surface area contributed by atoms with E-state index in [1.165, 1.54) is 7.11 Å². The summed E-state index contributed by atoms with van der Waals surface area (Å²) in [5, 5.41) is 2.83. The van der Waals surface area contributed by atoms with Gasteiger partial charge in [-0.25, -0.2) is 13.1 Å². The molecule has 0 spiro atoms. The van der Waals surface area contributed by atoms with Gasteiger partial charge in [0.1, 0.15) is 5.75 Å². The Morgan fingerprint density at radius 2 is 1.68 bits per heavy atom.